The van der Waals surface area contributed by atoms with Gasteiger partial charge in [0.25, 0.3) is 11.1 Å². The molecule has 0 bridgehead atoms. The molecule has 0 saturated carbocycles. The number of carbonyl (C=O) groups is 2. The van der Waals surface area contributed by atoms with Crippen molar-refractivity contribution in [1.82, 2.24) is 4.90 Å². The number of carbonyl (C=O) groups excluding carboxylic acids is 2. The molecule has 1 aliphatic rings. The molecular weight excluding hydrogens is 486 g/mol. The number of thioether (sulfide) groups is 1. The number of rotatable bonds is 5. The van der Waals surface area contributed by atoms with Crippen LogP contribution < -0.4 is 0 Å². The Morgan fingerprint density at radius 2 is 1.66 bits per heavy atom. The van der Waals surface area contributed by atoms with E-state index in [2.05, 4.69) is 10.2 Å². The molecule has 1 saturated heterocycles. The van der Waals surface area contributed by atoms with Gasteiger partial charge in [-0.15, -0.1) is 0 Å². The molecule has 4 rings (SSSR count). The molecule has 1 aliphatic heterocycles. The van der Waals surface area contributed by atoms with E-state index in [1.807, 2.05) is 0 Å². The van der Waals surface area contributed by atoms with E-state index in [4.69, 9.17) is 0 Å². The lowest BCUT2D eigenvalue weighted by Gasteiger charge is -2.12. The van der Waals surface area contributed by atoms with Gasteiger partial charge in [0.15, 0.2) is 0 Å². The number of imide groups is 1. The van der Waals surface area contributed by atoms with Crippen molar-refractivity contribution < 1.29 is 32.3 Å². The molecule has 0 spiro atoms. The van der Waals surface area contributed by atoms with E-state index in [-0.39, 0.29) is 39.7 Å². The Labute approximate surface area is 200 Å². The van der Waals surface area contributed by atoms with Gasteiger partial charge in [0.05, 0.1) is 28.4 Å². The van der Waals surface area contributed by atoms with E-state index < -0.39 is 28.7 Å². The smallest absolute Gasteiger partial charge is 0.416 e. The predicted molar refractivity (Wildman–Crippen MR) is 122 cm³/mol. The molecule has 35 heavy (non-hydrogen) atoms. The molecule has 3 aromatic carbocycles. The highest BCUT2D eigenvalue weighted by molar-refractivity contribution is 8.18. The van der Waals surface area contributed by atoms with Gasteiger partial charge in [-0.05, 0) is 60.3 Å². The van der Waals surface area contributed by atoms with E-state index in [1.54, 1.807) is 6.07 Å². The number of azo groups is 1. The van der Waals surface area contributed by atoms with Crippen LogP contribution in [-0.2, 0) is 17.5 Å². The molecule has 1 fully saturated rings. The van der Waals surface area contributed by atoms with Gasteiger partial charge in [-0.2, -0.15) is 23.4 Å². The van der Waals surface area contributed by atoms with Crippen LogP contribution in [0, 0.1) is 5.82 Å². The first kappa shape index (κ1) is 24.1. The summed E-state index contributed by atoms with van der Waals surface area (Å²) in [5.74, 6) is -1.42. The number of amides is 2. The second kappa shape index (κ2) is 9.71. The zero-order valence-corrected chi connectivity index (χ0v) is 18.5. The molecule has 0 aliphatic carbocycles. The SMILES string of the molecule is O=C1S/C(=C\c2cc(N=Nc3cccc(C(F)(F)F)c3)ccc2O)C(=O)N1Cc1ccccc1F. The van der Waals surface area contributed by atoms with E-state index in [0.717, 1.165) is 17.0 Å². The van der Waals surface area contributed by atoms with E-state index >= 15 is 0 Å². The third kappa shape index (κ3) is 5.57. The third-order valence-corrected chi connectivity index (χ3v) is 5.82. The molecule has 11 heteroatoms. The molecule has 3 aromatic rings. The number of hydrogen-bond donors (Lipinski definition) is 1. The van der Waals surface area contributed by atoms with Gasteiger partial charge in [0.1, 0.15) is 11.6 Å². The van der Waals surface area contributed by atoms with Crippen molar-refractivity contribution >= 4 is 40.4 Å². The fourth-order valence-electron chi connectivity index (χ4n) is 3.15. The Balaban J connectivity index is 1.56. The van der Waals surface area contributed by atoms with Crippen LogP contribution in [0.15, 0.2) is 81.9 Å². The number of hydrogen-bond acceptors (Lipinski definition) is 6. The van der Waals surface area contributed by atoms with Crippen LogP contribution in [0.4, 0.5) is 33.7 Å². The summed E-state index contributed by atoms with van der Waals surface area (Å²) >= 11 is 0.635. The summed E-state index contributed by atoms with van der Waals surface area (Å²) in [6.07, 6.45) is -3.24. The number of halogens is 4. The fourth-order valence-corrected chi connectivity index (χ4v) is 3.98. The number of phenols is 1. The molecule has 0 atom stereocenters. The monoisotopic (exact) mass is 501 g/mol. The Hall–Kier alpha value is -3.99. The van der Waals surface area contributed by atoms with Gasteiger partial charge in [-0.25, -0.2) is 4.39 Å². The molecule has 6 nitrogen and oxygen atoms in total. The highest BCUT2D eigenvalue weighted by atomic mass is 32.2. The van der Waals surface area contributed by atoms with Crippen molar-refractivity contribution in [2.75, 3.05) is 0 Å². The normalized spacial score (nSPS) is 15.5. The predicted octanol–water partition coefficient (Wildman–Crippen LogP) is 7.20. The van der Waals surface area contributed by atoms with Crippen LogP contribution in [0.1, 0.15) is 16.7 Å². The number of benzene rings is 3. The number of phenolic OH excluding ortho intramolecular Hbond substituents is 1. The van der Waals surface area contributed by atoms with Gasteiger partial charge in [-0.1, -0.05) is 24.3 Å². The zero-order chi connectivity index (χ0) is 25.2. The molecule has 0 radical (unpaired) electrons. The first-order valence-electron chi connectivity index (χ1n) is 10.0. The van der Waals surface area contributed by atoms with Gasteiger partial charge >= 0.3 is 6.18 Å². The van der Waals surface area contributed by atoms with Crippen molar-refractivity contribution in [2.45, 2.75) is 12.7 Å². The van der Waals surface area contributed by atoms with Gasteiger partial charge in [0, 0.05) is 11.1 Å². The lowest BCUT2D eigenvalue weighted by Crippen LogP contribution is -2.27. The first-order valence-corrected chi connectivity index (χ1v) is 10.8. The van der Waals surface area contributed by atoms with E-state index in [1.165, 1.54) is 54.6 Å². The second-order valence-corrected chi connectivity index (χ2v) is 8.34. The minimum absolute atomic E-state index is 0.00797. The van der Waals surface area contributed by atoms with Gasteiger partial charge < -0.3 is 5.11 Å². The van der Waals surface area contributed by atoms with Crippen LogP contribution in [-0.4, -0.2) is 21.2 Å². The minimum Gasteiger partial charge on any atom is -0.507 e. The topological polar surface area (TPSA) is 82.3 Å². The van der Waals surface area contributed by atoms with Crippen molar-refractivity contribution in [2.24, 2.45) is 10.2 Å². The molecule has 1 heterocycles. The van der Waals surface area contributed by atoms with Crippen molar-refractivity contribution in [3.63, 3.8) is 0 Å². The second-order valence-electron chi connectivity index (χ2n) is 7.35. The van der Waals surface area contributed by atoms with Crippen LogP contribution >= 0.6 is 11.8 Å². The quantitative estimate of drug-likeness (QED) is 0.228. The van der Waals surface area contributed by atoms with Crippen LogP contribution in [0.25, 0.3) is 6.08 Å². The summed E-state index contributed by atoms with van der Waals surface area (Å²) in [4.78, 5) is 26.0. The number of aromatic hydroxyl groups is 1. The molecule has 178 valence electrons. The third-order valence-electron chi connectivity index (χ3n) is 4.91. The minimum atomic E-state index is -4.52. The average Bonchev–Trinajstić information content (AvgIpc) is 3.08. The Morgan fingerprint density at radius 3 is 2.37 bits per heavy atom. The molecular formula is C24H15F4N3O3S. The molecule has 0 aromatic heterocycles. The average molecular weight is 501 g/mol. The lowest BCUT2D eigenvalue weighted by molar-refractivity contribution is -0.137. The fraction of sp³-hybridized carbons (Fsp3) is 0.0833. The Kier molecular flexibility index (Phi) is 6.70. The van der Waals surface area contributed by atoms with Crippen molar-refractivity contribution in [3.8, 4) is 5.75 Å². The van der Waals surface area contributed by atoms with E-state index in [9.17, 15) is 32.3 Å². The summed E-state index contributed by atoms with van der Waals surface area (Å²) in [5.41, 5.74) is -0.384. The summed E-state index contributed by atoms with van der Waals surface area (Å²) < 4.78 is 52.5. The maximum Gasteiger partial charge on any atom is 0.416 e. The molecule has 2 amide bonds. The number of nitrogens with zero attached hydrogens (tertiary/aromatic N) is 3. The molecule has 1 N–H and O–H groups in total. The Morgan fingerprint density at radius 1 is 0.943 bits per heavy atom. The first-order chi connectivity index (χ1) is 16.6. The van der Waals surface area contributed by atoms with E-state index in [0.29, 0.717) is 11.8 Å². The van der Waals surface area contributed by atoms with Crippen LogP contribution in [0.2, 0.25) is 0 Å². The van der Waals surface area contributed by atoms with Gasteiger partial charge in [-0.3, -0.25) is 14.5 Å². The van der Waals surface area contributed by atoms with Crippen molar-refractivity contribution in [1.29, 1.82) is 0 Å². The maximum absolute atomic E-state index is 13.9. The maximum atomic E-state index is 13.9. The molecule has 0 unspecified atom stereocenters. The standard InChI is InChI=1S/C24H15F4N3O3S/c25-19-7-2-1-4-14(19)13-31-22(33)21(35-23(31)34)11-15-10-18(8-9-20(15)32)30-29-17-6-3-5-16(12-17)24(26,27)28/h1-12,32H,13H2/b21-11-,30-29?. The van der Waals surface area contributed by atoms with Crippen LogP contribution in [0.5, 0.6) is 5.75 Å². The zero-order valence-electron chi connectivity index (χ0n) is 17.7. The Bertz CT molecular complexity index is 1370. The summed E-state index contributed by atoms with van der Waals surface area (Å²) in [6, 6.07) is 14.1. The highest BCUT2D eigenvalue weighted by Gasteiger charge is 2.35. The summed E-state index contributed by atoms with van der Waals surface area (Å²) in [6.45, 7) is -0.244. The summed E-state index contributed by atoms with van der Waals surface area (Å²) in [5, 5.41) is 17.3. The van der Waals surface area contributed by atoms with Crippen molar-refractivity contribution in [3.05, 3.63) is 94.1 Å². The largest absolute Gasteiger partial charge is 0.507 e. The van der Waals surface area contributed by atoms with Gasteiger partial charge in [0.2, 0.25) is 0 Å². The lowest BCUT2D eigenvalue weighted by atomic mass is 10.1. The number of alkyl halides is 3. The summed E-state index contributed by atoms with van der Waals surface area (Å²) in [7, 11) is 0. The van der Waals surface area contributed by atoms with Crippen LogP contribution in [0.3, 0.4) is 0 Å². The highest BCUT2D eigenvalue weighted by Crippen LogP contribution is 2.36.